The maximum atomic E-state index is 12.0. The molecule has 1 heterocycles. The van der Waals surface area contributed by atoms with Gasteiger partial charge in [-0.25, -0.2) is 0 Å². The van der Waals surface area contributed by atoms with Crippen LogP contribution < -0.4 is 15.4 Å². The van der Waals surface area contributed by atoms with Crippen LogP contribution in [0.15, 0.2) is 18.2 Å². The molecule has 0 radical (unpaired) electrons. The maximum Gasteiger partial charge on any atom is 0.222 e. The van der Waals surface area contributed by atoms with E-state index in [-0.39, 0.29) is 5.91 Å². The molecular formula is C16H25N3O2. The third-order valence-corrected chi connectivity index (χ3v) is 3.92. The number of amides is 1. The Kier molecular flexibility index (Phi) is 5.31. The van der Waals surface area contributed by atoms with Crippen molar-refractivity contribution >= 4 is 17.3 Å². The number of rotatable bonds is 5. The molecule has 0 spiro atoms. The van der Waals surface area contributed by atoms with Crippen LogP contribution in [0.3, 0.4) is 0 Å². The summed E-state index contributed by atoms with van der Waals surface area (Å²) in [5.74, 6) is 1.07. The molecule has 1 aliphatic rings. The number of benzene rings is 1. The highest BCUT2D eigenvalue weighted by Gasteiger charge is 2.22. The molecule has 1 aromatic carbocycles. The number of carbonyl (C=O) groups excluding carboxylic acids is 1. The van der Waals surface area contributed by atoms with Gasteiger partial charge in [-0.15, -0.1) is 0 Å². The van der Waals surface area contributed by atoms with Gasteiger partial charge in [-0.2, -0.15) is 0 Å². The smallest absolute Gasteiger partial charge is 0.222 e. The number of carbonyl (C=O) groups is 1. The summed E-state index contributed by atoms with van der Waals surface area (Å²) >= 11 is 0. The molecule has 1 amide bonds. The predicted octanol–water partition coefficient (Wildman–Crippen LogP) is 2.12. The van der Waals surface area contributed by atoms with E-state index in [0.29, 0.717) is 12.1 Å². The first kappa shape index (κ1) is 15.5. The van der Waals surface area contributed by atoms with Gasteiger partial charge >= 0.3 is 0 Å². The molecule has 0 unspecified atom stereocenters. The van der Waals surface area contributed by atoms with Gasteiger partial charge in [0.2, 0.25) is 5.91 Å². The normalized spacial score (nSPS) is 15.1. The van der Waals surface area contributed by atoms with Crippen LogP contribution in [-0.4, -0.2) is 44.1 Å². The summed E-state index contributed by atoms with van der Waals surface area (Å²) in [5, 5.41) is 0. The minimum Gasteiger partial charge on any atom is -0.495 e. The van der Waals surface area contributed by atoms with Crippen molar-refractivity contribution in [2.75, 3.05) is 43.9 Å². The summed E-state index contributed by atoms with van der Waals surface area (Å²) in [7, 11) is 1.66. The summed E-state index contributed by atoms with van der Waals surface area (Å²) in [6, 6.07) is 5.72. The van der Waals surface area contributed by atoms with Crippen molar-refractivity contribution in [3.8, 4) is 5.75 Å². The van der Waals surface area contributed by atoms with Gasteiger partial charge in [-0.1, -0.05) is 13.3 Å². The van der Waals surface area contributed by atoms with E-state index >= 15 is 0 Å². The van der Waals surface area contributed by atoms with Crippen molar-refractivity contribution in [3.63, 3.8) is 0 Å². The third kappa shape index (κ3) is 3.80. The summed E-state index contributed by atoms with van der Waals surface area (Å²) < 4.78 is 5.40. The highest BCUT2D eigenvalue weighted by molar-refractivity contribution is 5.76. The van der Waals surface area contributed by atoms with Crippen molar-refractivity contribution < 1.29 is 9.53 Å². The zero-order valence-electron chi connectivity index (χ0n) is 13.0. The van der Waals surface area contributed by atoms with Gasteiger partial charge in [0.1, 0.15) is 5.75 Å². The Labute approximate surface area is 126 Å². The Morgan fingerprint density at radius 1 is 1.29 bits per heavy atom. The van der Waals surface area contributed by atoms with E-state index in [1.54, 1.807) is 7.11 Å². The Morgan fingerprint density at radius 2 is 2.00 bits per heavy atom. The molecule has 21 heavy (non-hydrogen) atoms. The van der Waals surface area contributed by atoms with Gasteiger partial charge in [0.05, 0.1) is 12.8 Å². The topological polar surface area (TPSA) is 58.8 Å². The van der Waals surface area contributed by atoms with Crippen LogP contribution in [-0.2, 0) is 4.79 Å². The zero-order chi connectivity index (χ0) is 15.2. The number of ether oxygens (including phenoxy) is 1. The fraction of sp³-hybridized carbons (Fsp3) is 0.562. The van der Waals surface area contributed by atoms with Crippen LogP contribution in [0.25, 0.3) is 0 Å². The van der Waals surface area contributed by atoms with E-state index in [2.05, 4.69) is 11.8 Å². The van der Waals surface area contributed by atoms with E-state index in [9.17, 15) is 4.79 Å². The average Bonchev–Trinajstić information content (AvgIpc) is 2.52. The first-order chi connectivity index (χ1) is 10.2. The second kappa shape index (κ2) is 7.20. The molecule has 2 rings (SSSR count). The molecule has 0 saturated carbocycles. The molecule has 0 aliphatic carbocycles. The summed E-state index contributed by atoms with van der Waals surface area (Å²) in [4.78, 5) is 16.3. The van der Waals surface area contributed by atoms with Gasteiger partial charge in [0.25, 0.3) is 0 Å². The SMILES string of the molecule is CCCCC(=O)N1CCN(c2ccc(N)cc2OC)CC1. The summed E-state index contributed by atoms with van der Waals surface area (Å²) in [6.45, 7) is 5.32. The van der Waals surface area contributed by atoms with Crippen LogP contribution in [0.2, 0.25) is 0 Å². The van der Waals surface area contributed by atoms with Crippen molar-refractivity contribution in [3.05, 3.63) is 18.2 Å². The molecule has 1 fully saturated rings. The van der Waals surface area contributed by atoms with Crippen molar-refractivity contribution in [1.82, 2.24) is 4.90 Å². The van der Waals surface area contributed by atoms with Crippen LogP contribution in [0.5, 0.6) is 5.75 Å². The fourth-order valence-corrected chi connectivity index (χ4v) is 2.64. The Balaban J connectivity index is 1.96. The quantitative estimate of drug-likeness (QED) is 0.844. The largest absolute Gasteiger partial charge is 0.495 e. The number of nitrogens with zero attached hydrogens (tertiary/aromatic N) is 2. The summed E-state index contributed by atoms with van der Waals surface area (Å²) in [5.41, 5.74) is 7.54. The van der Waals surface area contributed by atoms with Gasteiger partial charge in [0.15, 0.2) is 0 Å². The number of methoxy groups -OCH3 is 1. The Bertz CT molecular complexity index is 482. The lowest BCUT2D eigenvalue weighted by Gasteiger charge is -2.36. The lowest BCUT2D eigenvalue weighted by atomic mass is 10.2. The lowest BCUT2D eigenvalue weighted by Crippen LogP contribution is -2.48. The molecule has 5 nitrogen and oxygen atoms in total. The van der Waals surface area contributed by atoms with E-state index in [1.165, 1.54) is 0 Å². The van der Waals surface area contributed by atoms with Crippen molar-refractivity contribution in [1.29, 1.82) is 0 Å². The Hall–Kier alpha value is -1.91. The van der Waals surface area contributed by atoms with Crippen LogP contribution >= 0.6 is 0 Å². The number of piperazine rings is 1. The summed E-state index contributed by atoms with van der Waals surface area (Å²) in [6.07, 6.45) is 2.71. The lowest BCUT2D eigenvalue weighted by molar-refractivity contribution is -0.131. The molecule has 116 valence electrons. The van der Waals surface area contributed by atoms with Crippen LogP contribution in [0.4, 0.5) is 11.4 Å². The fourth-order valence-electron chi connectivity index (χ4n) is 2.64. The Morgan fingerprint density at radius 3 is 2.62 bits per heavy atom. The average molecular weight is 291 g/mol. The number of unbranched alkanes of at least 4 members (excludes halogenated alkanes) is 1. The van der Waals surface area contributed by atoms with Crippen molar-refractivity contribution in [2.24, 2.45) is 0 Å². The van der Waals surface area contributed by atoms with Crippen LogP contribution in [0, 0.1) is 0 Å². The van der Waals surface area contributed by atoms with Gasteiger partial charge in [-0.3, -0.25) is 4.79 Å². The monoisotopic (exact) mass is 291 g/mol. The predicted molar refractivity (Wildman–Crippen MR) is 85.7 cm³/mol. The van der Waals surface area contributed by atoms with E-state index in [1.807, 2.05) is 23.1 Å². The minimum absolute atomic E-state index is 0.278. The molecule has 1 aliphatic heterocycles. The van der Waals surface area contributed by atoms with E-state index < -0.39 is 0 Å². The molecule has 0 bridgehead atoms. The number of hydrogen-bond acceptors (Lipinski definition) is 4. The molecular weight excluding hydrogens is 266 g/mol. The first-order valence-electron chi connectivity index (χ1n) is 7.62. The molecule has 1 saturated heterocycles. The molecule has 0 aromatic heterocycles. The van der Waals surface area contributed by atoms with Crippen molar-refractivity contribution in [2.45, 2.75) is 26.2 Å². The number of nitrogens with two attached hydrogens (primary N) is 1. The molecule has 0 atom stereocenters. The van der Waals surface area contributed by atoms with E-state index in [4.69, 9.17) is 10.5 Å². The number of hydrogen-bond donors (Lipinski definition) is 1. The van der Waals surface area contributed by atoms with Gasteiger partial charge in [-0.05, 0) is 18.6 Å². The number of nitrogen functional groups attached to an aromatic ring is 1. The van der Waals surface area contributed by atoms with Crippen LogP contribution in [0.1, 0.15) is 26.2 Å². The van der Waals surface area contributed by atoms with E-state index in [0.717, 1.165) is 50.5 Å². The van der Waals surface area contributed by atoms with Gasteiger partial charge < -0.3 is 20.3 Å². The van der Waals surface area contributed by atoms with Gasteiger partial charge in [0, 0.05) is 44.4 Å². The zero-order valence-corrected chi connectivity index (χ0v) is 13.0. The molecule has 5 heteroatoms. The molecule has 2 N–H and O–H groups in total. The second-order valence-corrected chi connectivity index (χ2v) is 5.40. The number of anilines is 2. The maximum absolute atomic E-state index is 12.0. The first-order valence-corrected chi connectivity index (χ1v) is 7.62. The highest BCUT2D eigenvalue weighted by atomic mass is 16.5. The minimum atomic E-state index is 0.278. The third-order valence-electron chi connectivity index (χ3n) is 3.92. The second-order valence-electron chi connectivity index (χ2n) is 5.40. The highest BCUT2D eigenvalue weighted by Crippen LogP contribution is 2.30. The standard InChI is InChI=1S/C16H25N3O2/c1-3-4-5-16(20)19-10-8-18(9-11-19)14-7-6-13(17)12-15(14)21-2/h6-7,12H,3-5,8-11,17H2,1-2H3. The molecule has 1 aromatic rings.